The summed E-state index contributed by atoms with van der Waals surface area (Å²) in [4.78, 5) is 0. The molecule has 0 aromatic heterocycles. The van der Waals surface area contributed by atoms with E-state index in [1.165, 1.54) is 76.0 Å². The molecule has 3 fully saturated rings. The van der Waals surface area contributed by atoms with E-state index >= 15 is 0 Å². The molecule has 0 aliphatic heterocycles. The zero-order valence-corrected chi connectivity index (χ0v) is 17.5. The van der Waals surface area contributed by atoms with Crippen molar-refractivity contribution in [3.8, 4) is 0 Å². The lowest BCUT2D eigenvalue weighted by Gasteiger charge is -2.51. The Morgan fingerprint density at radius 2 is 1.50 bits per heavy atom. The molecule has 0 radical (unpaired) electrons. The van der Waals surface area contributed by atoms with Crippen molar-refractivity contribution in [2.45, 2.75) is 89.4 Å². The van der Waals surface area contributed by atoms with Crippen molar-refractivity contribution in [3.05, 3.63) is 47.0 Å². The van der Waals surface area contributed by atoms with Crippen LogP contribution in [-0.2, 0) is 12.8 Å². The Balaban J connectivity index is 1.33. The molecule has 2 aromatic rings. The average molecular weight is 373 g/mol. The van der Waals surface area contributed by atoms with Gasteiger partial charge in [0.25, 0.3) is 0 Å². The van der Waals surface area contributed by atoms with E-state index in [4.69, 9.17) is 0 Å². The van der Waals surface area contributed by atoms with Crippen molar-refractivity contribution < 1.29 is 0 Å². The molecule has 0 amide bonds. The zero-order chi connectivity index (χ0) is 18.5. The van der Waals surface area contributed by atoms with Gasteiger partial charge in [0.15, 0.2) is 0 Å². The third-order valence-electron chi connectivity index (χ3n) is 9.31. The maximum absolute atomic E-state index is 2.60. The fraction of sp³-hybridized carbons (Fsp3) is 0.643. The van der Waals surface area contributed by atoms with Crippen LogP contribution in [-0.4, -0.2) is 0 Å². The maximum atomic E-state index is 2.60. The van der Waals surface area contributed by atoms with E-state index in [1.807, 2.05) is 0 Å². The minimum atomic E-state index is 0.835. The van der Waals surface area contributed by atoms with Gasteiger partial charge in [0.05, 0.1) is 0 Å². The number of rotatable bonds is 1. The van der Waals surface area contributed by atoms with E-state index in [-0.39, 0.29) is 0 Å². The fourth-order valence-electron chi connectivity index (χ4n) is 8.06. The highest BCUT2D eigenvalue weighted by Crippen LogP contribution is 2.55. The van der Waals surface area contributed by atoms with Crippen LogP contribution in [0.1, 0.15) is 93.2 Å². The van der Waals surface area contributed by atoms with Crippen molar-refractivity contribution in [1.29, 1.82) is 0 Å². The highest BCUT2D eigenvalue weighted by molar-refractivity contribution is 5.87. The van der Waals surface area contributed by atoms with Crippen LogP contribution in [0.5, 0.6) is 0 Å². The van der Waals surface area contributed by atoms with Gasteiger partial charge in [-0.3, -0.25) is 0 Å². The molecule has 148 valence electrons. The molecular formula is C28H36. The molecule has 2 aromatic carbocycles. The van der Waals surface area contributed by atoms with Crippen molar-refractivity contribution in [2.75, 3.05) is 0 Å². The normalized spacial score (nSPS) is 35.1. The number of benzene rings is 2. The Morgan fingerprint density at radius 3 is 2.50 bits per heavy atom. The van der Waals surface area contributed by atoms with Crippen LogP contribution >= 0.6 is 0 Å². The van der Waals surface area contributed by atoms with Crippen molar-refractivity contribution in [1.82, 2.24) is 0 Å². The first-order valence-electron chi connectivity index (χ1n) is 12.4. The van der Waals surface area contributed by atoms with Crippen LogP contribution in [0.15, 0.2) is 30.3 Å². The lowest BCUT2D eigenvalue weighted by atomic mass is 9.54. The Labute approximate surface area is 171 Å². The highest BCUT2D eigenvalue weighted by Gasteiger charge is 2.44. The summed E-state index contributed by atoms with van der Waals surface area (Å²) in [6.07, 6.45) is 18.9. The molecule has 5 unspecified atom stereocenters. The van der Waals surface area contributed by atoms with Gasteiger partial charge in [0.1, 0.15) is 0 Å². The van der Waals surface area contributed by atoms with Gasteiger partial charge in [-0.25, -0.2) is 0 Å². The Bertz CT molecular complexity index is 862. The molecule has 3 saturated carbocycles. The minimum absolute atomic E-state index is 0.835. The van der Waals surface area contributed by atoms with Crippen LogP contribution in [0.25, 0.3) is 10.8 Å². The Kier molecular flexibility index (Phi) is 4.51. The molecular weight excluding hydrogens is 336 g/mol. The summed E-state index contributed by atoms with van der Waals surface area (Å²) in [5.41, 5.74) is 4.96. The zero-order valence-electron chi connectivity index (χ0n) is 17.5. The Hall–Kier alpha value is -1.30. The Morgan fingerprint density at radius 1 is 0.607 bits per heavy atom. The predicted molar refractivity (Wildman–Crippen MR) is 119 cm³/mol. The summed E-state index contributed by atoms with van der Waals surface area (Å²) in [5, 5.41) is 3.08. The van der Waals surface area contributed by atoms with E-state index < -0.39 is 0 Å². The molecule has 0 spiro atoms. The standard InChI is InChI=1S/C28H36/c1-3-8-23-19(6-1)12-13-21-18-22(15-16-26(21)23)25-10-5-11-27-24-9-4-2-7-20(24)14-17-28(25)27/h12-13,15-16,18,20,24-25,27-28H,1-11,14,17H2. The van der Waals surface area contributed by atoms with Crippen LogP contribution in [0.2, 0.25) is 0 Å². The summed E-state index contributed by atoms with van der Waals surface area (Å²) in [6.45, 7) is 0. The molecule has 0 nitrogen and oxygen atoms in total. The molecule has 6 rings (SSSR count). The monoisotopic (exact) mass is 372 g/mol. The minimum Gasteiger partial charge on any atom is -0.0581 e. The van der Waals surface area contributed by atoms with Crippen molar-refractivity contribution >= 4 is 10.8 Å². The largest absolute Gasteiger partial charge is 0.0581 e. The van der Waals surface area contributed by atoms with E-state index in [0.717, 1.165) is 29.6 Å². The molecule has 0 N–H and O–H groups in total. The lowest BCUT2D eigenvalue weighted by molar-refractivity contribution is 0.0160. The van der Waals surface area contributed by atoms with Gasteiger partial charge >= 0.3 is 0 Å². The molecule has 4 aliphatic carbocycles. The first-order valence-corrected chi connectivity index (χ1v) is 12.4. The van der Waals surface area contributed by atoms with Gasteiger partial charge in [-0.2, -0.15) is 0 Å². The summed E-state index contributed by atoms with van der Waals surface area (Å²) < 4.78 is 0. The average Bonchev–Trinajstić information content (AvgIpc) is 2.78. The number of aryl methyl sites for hydroxylation is 2. The third-order valence-corrected chi connectivity index (χ3v) is 9.31. The predicted octanol–water partition coefficient (Wildman–Crippen LogP) is 7.82. The van der Waals surface area contributed by atoms with Crippen LogP contribution in [0.4, 0.5) is 0 Å². The van der Waals surface area contributed by atoms with E-state index in [9.17, 15) is 0 Å². The van der Waals surface area contributed by atoms with Gasteiger partial charge in [-0.15, -0.1) is 0 Å². The smallest absolute Gasteiger partial charge is 0.0131 e. The number of hydrogen-bond donors (Lipinski definition) is 0. The lowest BCUT2D eigenvalue weighted by Crippen LogP contribution is -2.41. The summed E-state index contributed by atoms with van der Waals surface area (Å²) in [6, 6.07) is 12.5. The van der Waals surface area contributed by atoms with Gasteiger partial charge in [-0.05, 0) is 115 Å². The van der Waals surface area contributed by atoms with Crippen LogP contribution in [0, 0.1) is 23.7 Å². The van der Waals surface area contributed by atoms with Crippen molar-refractivity contribution in [3.63, 3.8) is 0 Å². The van der Waals surface area contributed by atoms with Crippen molar-refractivity contribution in [2.24, 2.45) is 23.7 Å². The second-order valence-corrected chi connectivity index (χ2v) is 10.5. The second-order valence-electron chi connectivity index (χ2n) is 10.5. The summed E-state index contributed by atoms with van der Waals surface area (Å²) in [5.74, 6) is 5.00. The third kappa shape index (κ3) is 2.86. The van der Waals surface area contributed by atoms with Crippen LogP contribution < -0.4 is 0 Å². The van der Waals surface area contributed by atoms with E-state index in [0.29, 0.717) is 0 Å². The maximum Gasteiger partial charge on any atom is -0.0131 e. The molecule has 0 saturated heterocycles. The molecule has 0 heteroatoms. The number of hydrogen-bond acceptors (Lipinski definition) is 0. The van der Waals surface area contributed by atoms with Gasteiger partial charge in [0, 0.05) is 0 Å². The first kappa shape index (κ1) is 17.5. The SMILES string of the molecule is c1cc2c3c(ccc2cc1C1CCCC2C4CCCCC4CCC12)CCCC3. The van der Waals surface area contributed by atoms with Gasteiger partial charge < -0.3 is 0 Å². The molecule has 28 heavy (non-hydrogen) atoms. The highest BCUT2D eigenvalue weighted by atomic mass is 14.5. The topological polar surface area (TPSA) is 0 Å². The van der Waals surface area contributed by atoms with Gasteiger partial charge in [-0.1, -0.05) is 56.0 Å². The van der Waals surface area contributed by atoms with E-state index in [1.54, 1.807) is 34.9 Å². The second kappa shape index (κ2) is 7.19. The molecule has 5 atom stereocenters. The first-order chi connectivity index (χ1) is 13.9. The molecule has 0 heterocycles. The quantitative estimate of drug-likeness (QED) is 0.478. The number of fused-ring (bicyclic) bond motifs is 6. The summed E-state index contributed by atoms with van der Waals surface area (Å²) >= 11 is 0. The van der Waals surface area contributed by atoms with Crippen LogP contribution in [0.3, 0.4) is 0 Å². The fourth-order valence-corrected chi connectivity index (χ4v) is 8.06. The summed E-state index contributed by atoms with van der Waals surface area (Å²) in [7, 11) is 0. The molecule has 0 bridgehead atoms. The molecule has 4 aliphatic rings. The van der Waals surface area contributed by atoms with Gasteiger partial charge in [0.2, 0.25) is 0 Å². The van der Waals surface area contributed by atoms with E-state index in [2.05, 4.69) is 30.3 Å².